The van der Waals surface area contributed by atoms with Gasteiger partial charge >= 0.3 is 0 Å². The molecule has 0 unspecified atom stereocenters. The van der Waals surface area contributed by atoms with Crippen molar-refractivity contribution >= 4 is 11.8 Å². The molecule has 1 atom stereocenters. The Kier molecular flexibility index (Phi) is 5.26. The maximum atomic E-state index is 12.5. The molecule has 1 heterocycles. The zero-order valence-electron chi connectivity index (χ0n) is 13.7. The molecule has 4 heteroatoms. The van der Waals surface area contributed by atoms with Gasteiger partial charge in [-0.2, -0.15) is 0 Å². The van der Waals surface area contributed by atoms with Crippen LogP contribution in [0.1, 0.15) is 30.0 Å². The number of amides is 2. The van der Waals surface area contributed by atoms with Crippen LogP contribution in [0.25, 0.3) is 0 Å². The van der Waals surface area contributed by atoms with Crippen molar-refractivity contribution in [3.05, 3.63) is 71.8 Å². The van der Waals surface area contributed by atoms with E-state index in [0.717, 1.165) is 24.9 Å². The van der Waals surface area contributed by atoms with Gasteiger partial charge in [-0.3, -0.25) is 9.59 Å². The van der Waals surface area contributed by atoms with Gasteiger partial charge in [-0.1, -0.05) is 60.7 Å². The molecule has 24 heavy (non-hydrogen) atoms. The number of nitrogens with one attached hydrogen (secondary N) is 1. The van der Waals surface area contributed by atoms with Crippen molar-refractivity contribution in [2.45, 2.75) is 25.3 Å². The molecule has 1 aliphatic heterocycles. The van der Waals surface area contributed by atoms with Crippen LogP contribution in [0.4, 0.5) is 0 Å². The van der Waals surface area contributed by atoms with E-state index in [2.05, 4.69) is 17.4 Å². The third-order valence-electron chi connectivity index (χ3n) is 4.40. The molecule has 3 rings (SSSR count). The summed E-state index contributed by atoms with van der Waals surface area (Å²) >= 11 is 0. The van der Waals surface area contributed by atoms with E-state index in [9.17, 15) is 9.59 Å². The van der Waals surface area contributed by atoms with Gasteiger partial charge < -0.3 is 10.2 Å². The highest BCUT2D eigenvalue weighted by atomic mass is 16.2. The van der Waals surface area contributed by atoms with E-state index in [0.29, 0.717) is 6.42 Å². The molecule has 0 aromatic heterocycles. The molecule has 1 saturated heterocycles. The van der Waals surface area contributed by atoms with Crippen LogP contribution in [-0.2, 0) is 16.0 Å². The number of hydrogen-bond donors (Lipinski definition) is 1. The van der Waals surface area contributed by atoms with Gasteiger partial charge in [-0.25, -0.2) is 0 Å². The molecule has 2 aromatic rings. The minimum Gasteiger partial charge on any atom is -0.347 e. The third-order valence-corrected chi connectivity index (χ3v) is 4.40. The van der Waals surface area contributed by atoms with Gasteiger partial charge in [0.15, 0.2) is 0 Å². The van der Waals surface area contributed by atoms with Crippen molar-refractivity contribution in [1.29, 1.82) is 0 Å². The maximum Gasteiger partial charge on any atom is 0.242 e. The summed E-state index contributed by atoms with van der Waals surface area (Å²) in [6.45, 7) is 0.821. The summed E-state index contributed by atoms with van der Waals surface area (Å²) < 4.78 is 0. The van der Waals surface area contributed by atoms with Crippen molar-refractivity contribution < 1.29 is 9.59 Å². The van der Waals surface area contributed by atoms with E-state index < -0.39 is 0 Å². The molecular weight excluding hydrogens is 300 g/mol. The largest absolute Gasteiger partial charge is 0.347 e. The predicted molar refractivity (Wildman–Crippen MR) is 93.3 cm³/mol. The molecule has 0 spiro atoms. The Morgan fingerprint density at radius 2 is 1.67 bits per heavy atom. The summed E-state index contributed by atoms with van der Waals surface area (Å²) in [6, 6.07) is 19.8. The zero-order valence-corrected chi connectivity index (χ0v) is 13.7. The molecule has 124 valence electrons. The van der Waals surface area contributed by atoms with Gasteiger partial charge in [0, 0.05) is 6.54 Å². The van der Waals surface area contributed by atoms with Gasteiger partial charge in [-0.05, 0) is 24.0 Å². The topological polar surface area (TPSA) is 49.4 Å². The summed E-state index contributed by atoms with van der Waals surface area (Å²) in [5.74, 6) is -0.132. The highest BCUT2D eigenvalue weighted by Crippen LogP contribution is 2.31. The lowest BCUT2D eigenvalue weighted by Crippen LogP contribution is -2.40. The monoisotopic (exact) mass is 322 g/mol. The lowest BCUT2D eigenvalue weighted by Gasteiger charge is -2.25. The Morgan fingerprint density at radius 1 is 1.00 bits per heavy atom. The van der Waals surface area contributed by atoms with E-state index in [4.69, 9.17) is 0 Å². The van der Waals surface area contributed by atoms with E-state index in [-0.39, 0.29) is 24.4 Å². The third kappa shape index (κ3) is 4.02. The van der Waals surface area contributed by atoms with E-state index in [1.807, 2.05) is 53.4 Å². The smallest absolute Gasteiger partial charge is 0.242 e. The van der Waals surface area contributed by atoms with Crippen molar-refractivity contribution in [1.82, 2.24) is 10.2 Å². The van der Waals surface area contributed by atoms with Gasteiger partial charge in [0.2, 0.25) is 11.8 Å². The molecule has 2 aromatic carbocycles. The Balaban J connectivity index is 1.54. The molecule has 4 nitrogen and oxygen atoms in total. The van der Waals surface area contributed by atoms with Crippen molar-refractivity contribution in [3.8, 4) is 0 Å². The molecule has 2 amide bonds. The summed E-state index contributed by atoms with van der Waals surface area (Å²) in [6.07, 6.45) is 2.28. The Bertz CT molecular complexity index is 685. The van der Waals surface area contributed by atoms with Crippen LogP contribution >= 0.6 is 0 Å². The van der Waals surface area contributed by atoms with Gasteiger partial charge in [0.25, 0.3) is 0 Å². The lowest BCUT2D eigenvalue weighted by atomic mass is 10.0. The average molecular weight is 322 g/mol. The first-order valence-corrected chi connectivity index (χ1v) is 8.39. The molecule has 0 saturated carbocycles. The highest BCUT2D eigenvalue weighted by molar-refractivity contribution is 5.86. The first-order chi connectivity index (χ1) is 11.7. The fourth-order valence-corrected chi connectivity index (χ4v) is 3.21. The average Bonchev–Trinajstić information content (AvgIpc) is 3.11. The normalized spacial score (nSPS) is 16.8. The predicted octanol–water partition coefficient (Wildman–Crippen LogP) is 2.71. The van der Waals surface area contributed by atoms with Crippen molar-refractivity contribution in [3.63, 3.8) is 0 Å². The highest BCUT2D eigenvalue weighted by Gasteiger charge is 2.29. The lowest BCUT2D eigenvalue weighted by molar-refractivity contribution is -0.133. The summed E-state index contributed by atoms with van der Waals surface area (Å²) in [5.41, 5.74) is 2.12. The Labute approximate surface area is 142 Å². The molecule has 0 radical (unpaired) electrons. The summed E-state index contributed by atoms with van der Waals surface area (Å²) in [7, 11) is 0. The van der Waals surface area contributed by atoms with Crippen LogP contribution < -0.4 is 5.32 Å². The molecule has 0 bridgehead atoms. The number of hydrogen-bond acceptors (Lipinski definition) is 2. The van der Waals surface area contributed by atoms with Gasteiger partial charge in [-0.15, -0.1) is 0 Å². The van der Waals surface area contributed by atoms with Crippen LogP contribution in [0.2, 0.25) is 0 Å². The fraction of sp³-hybridized carbons (Fsp3) is 0.300. The number of carbonyl (C=O) groups is 2. The number of likely N-dealkylation sites (tertiary alicyclic amines) is 1. The van der Waals surface area contributed by atoms with Crippen LogP contribution in [0.15, 0.2) is 60.7 Å². The number of carbonyl (C=O) groups excluding carboxylic acids is 2. The Hall–Kier alpha value is -2.62. The quantitative estimate of drug-likeness (QED) is 0.920. The van der Waals surface area contributed by atoms with Crippen LogP contribution in [0, 0.1) is 0 Å². The van der Waals surface area contributed by atoms with Crippen molar-refractivity contribution in [2.24, 2.45) is 0 Å². The number of rotatable bonds is 5. The molecule has 1 fully saturated rings. The molecular formula is C20H22N2O2. The second-order valence-electron chi connectivity index (χ2n) is 6.09. The van der Waals surface area contributed by atoms with E-state index in [1.54, 1.807) is 0 Å². The van der Waals surface area contributed by atoms with Crippen LogP contribution in [-0.4, -0.2) is 29.8 Å². The van der Waals surface area contributed by atoms with Crippen molar-refractivity contribution in [2.75, 3.05) is 13.1 Å². The summed E-state index contributed by atoms with van der Waals surface area (Å²) in [4.78, 5) is 26.4. The molecule has 1 N–H and O–H groups in total. The van der Waals surface area contributed by atoms with Crippen LogP contribution in [0.5, 0.6) is 0 Å². The standard InChI is InChI=1S/C20H22N2O2/c23-19(14-16-8-3-1-4-9-16)21-15-20(24)22-13-7-12-18(22)17-10-5-2-6-11-17/h1-6,8-11,18H,7,12-15H2,(H,21,23)/t18-/m0/s1. The first-order valence-electron chi connectivity index (χ1n) is 8.39. The Morgan fingerprint density at radius 3 is 2.38 bits per heavy atom. The minimum absolute atomic E-state index is 0.0113. The first kappa shape index (κ1) is 16.2. The maximum absolute atomic E-state index is 12.5. The second kappa shape index (κ2) is 7.77. The zero-order chi connectivity index (χ0) is 16.8. The fourth-order valence-electron chi connectivity index (χ4n) is 3.21. The van der Waals surface area contributed by atoms with E-state index >= 15 is 0 Å². The number of nitrogens with zero attached hydrogens (tertiary/aromatic N) is 1. The number of benzene rings is 2. The summed E-state index contributed by atoms with van der Waals surface area (Å²) in [5, 5.41) is 2.75. The molecule has 0 aliphatic carbocycles. The van der Waals surface area contributed by atoms with E-state index in [1.165, 1.54) is 5.56 Å². The molecule has 1 aliphatic rings. The minimum atomic E-state index is -0.120. The van der Waals surface area contributed by atoms with Gasteiger partial charge in [0.1, 0.15) is 0 Å². The SMILES string of the molecule is O=C(Cc1ccccc1)NCC(=O)N1CCC[C@H]1c1ccccc1. The van der Waals surface area contributed by atoms with Crippen LogP contribution in [0.3, 0.4) is 0 Å². The second-order valence-corrected chi connectivity index (χ2v) is 6.09. The van der Waals surface area contributed by atoms with Gasteiger partial charge in [0.05, 0.1) is 19.0 Å².